The van der Waals surface area contributed by atoms with Crippen LogP contribution in [-0.4, -0.2) is 43.4 Å². The summed E-state index contributed by atoms with van der Waals surface area (Å²) in [5, 5.41) is 2.81. The Hall–Kier alpha value is -1.88. The van der Waals surface area contributed by atoms with Gasteiger partial charge in [0.05, 0.1) is 6.54 Å². The summed E-state index contributed by atoms with van der Waals surface area (Å²) in [5.41, 5.74) is 7.09. The van der Waals surface area contributed by atoms with Crippen LogP contribution in [-0.2, 0) is 11.2 Å². The van der Waals surface area contributed by atoms with Crippen molar-refractivity contribution in [1.29, 1.82) is 0 Å². The van der Waals surface area contributed by atoms with E-state index in [2.05, 4.69) is 5.32 Å². The fraction of sp³-hybridized carbons (Fsp3) is 0.500. The first-order chi connectivity index (χ1) is 9.95. The molecule has 0 aliphatic carbocycles. The molecule has 0 aliphatic heterocycles. The highest BCUT2D eigenvalue weighted by atomic mass is 16.2. The number of benzene rings is 1. The molecule has 1 aromatic rings. The number of likely N-dealkylation sites (N-methyl/N-ethyl adjacent to an activating group) is 1. The normalized spacial score (nSPS) is 10.5. The number of rotatable bonds is 7. The van der Waals surface area contributed by atoms with E-state index in [1.54, 1.807) is 13.1 Å². The van der Waals surface area contributed by atoms with Gasteiger partial charge in [-0.1, -0.05) is 32.0 Å². The maximum atomic E-state index is 12.4. The number of hydrogen-bond acceptors (Lipinski definition) is 3. The third kappa shape index (κ3) is 5.55. The lowest BCUT2D eigenvalue weighted by Gasteiger charge is -2.19. The molecule has 5 nitrogen and oxygen atoms in total. The monoisotopic (exact) mass is 291 g/mol. The summed E-state index contributed by atoms with van der Waals surface area (Å²) in [6, 6.07) is 7.37. The first-order valence-electron chi connectivity index (χ1n) is 7.25. The molecule has 0 heterocycles. The molecule has 5 heteroatoms. The van der Waals surface area contributed by atoms with E-state index in [4.69, 9.17) is 5.73 Å². The maximum absolute atomic E-state index is 12.4. The summed E-state index contributed by atoms with van der Waals surface area (Å²) in [4.78, 5) is 25.6. The van der Waals surface area contributed by atoms with Crippen LogP contribution < -0.4 is 11.1 Å². The molecule has 0 atom stereocenters. The van der Waals surface area contributed by atoms with E-state index < -0.39 is 0 Å². The standard InChI is InChI=1S/C16H25N3O2/c1-12(2)10-18-15(20)11-19(3)16(21)14-7-5-4-6-13(14)8-9-17/h4-7,12H,8-11,17H2,1-3H3,(H,18,20). The topological polar surface area (TPSA) is 75.4 Å². The van der Waals surface area contributed by atoms with Crippen LogP contribution in [0.2, 0.25) is 0 Å². The molecule has 0 radical (unpaired) electrons. The number of carbonyl (C=O) groups excluding carboxylic acids is 2. The molecule has 21 heavy (non-hydrogen) atoms. The average molecular weight is 291 g/mol. The Morgan fingerprint density at radius 2 is 1.95 bits per heavy atom. The van der Waals surface area contributed by atoms with Gasteiger partial charge in [-0.05, 0) is 30.5 Å². The molecule has 0 unspecified atom stereocenters. The smallest absolute Gasteiger partial charge is 0.254 e. The van der Waals surface area contributed by atoms with Crippen LogP contribution in [0.15, 0.2) is 24.3 Å². The Morgan fingerprint density at radius 1 is 1.29 bits per heavy atom. The third-order valence-corrected chi connectivity index (χ3v) is 3.10. The lowest BCUT2D eigenvalue weighted by molar-refractivity contribution is -0.121. The Morgan fingerprint density at radius 3 is 2.57 bits per heavy atom. The van der Waals surface area contributed by atoms with Crippen LogP contribution in [0.5, 0.6) is 0 Å². The van der Waals surface area contributed by atoms with E-state index in [1.165, 1.54) is 4.90 Å². The van der Waals surface area contributed by atoms with Crippen molar-refractivity contribution in [1.82, 2.24) is 10.2 Å². The zero-order valence-electron chi connectivity index (χ0n) is 13.1. The summed E-state index contributed by atoms with van der Waals surface area (Å²) in [6.07, 6.45) is 0.648. The van der Waals surface area contributed by atoms with Crippen molar-refractivity contribution in [3.05, 3.63) is 35.4 Å². The van der Waals surface area contributed by atoms with Crippen molar-refractivity contribution in [2.75, 3.05) is 26.7 Å². The van der Waals surface area contributed by atoms with Crippen molar-refractivity contribution < 1.29 is 9.59 Å². The highest BCUT2D eigenvalue weighted by Crippen LogP contribution is 2.11. The second-order valence-corrected chi connectivity index (χ2v) is 5.55. The van der Waals surface area contributed by atoms with Crippen LogP contribution >= 0.6 is 0 Å². The summed E-state index contributed by atoms with van der Waals surface area (Å²) in [5.74, 6) is 0.0924. The molecule has 1 aromatic carbocycles. The molecule has 1 rings (SSSR count). The molecule has 116 valence electrons. The van der Waals surface area contributed by atoms with Gasteiger partial charge in [-0.25, -0.2) is 0 Å². The van der Waals surface area contributed by atoms with Gasteiger partial charge in [0.15, 0.2) is 0 Å². The Balaban J connectivity index is 2.68. The van der Waals surface area contributed by atoms with Crippen molar-refractivity contribution in [2.24, 2.45) is 11.7 Å². The van der Waals surface area contributed by atoms with Crippen LogP contribution in [0.1, 0.15) is 29.8 Å². The molecule has 0 saturated carbocycles. The van der Waals surface area contributed by atoms with E-state index in [9.17, 15) is 9.59 Å². The number of nitrogens with two attached hydrogens (primary N) is 1. The molecule has 0 fully saturated rings. The SMILES string of the molecule is CC(C)CNC(=O)CN(C)C(=O)c1ccccc1CCN. The Labute approximate surface area is 126 Å². The lowest BCUT2D eigenvalue weighted by Crippen LogP contribution is -2.39. The summed E-state index contributed by atoms with van der Waals surface area (Å²) in [7, 11) is 1.64. The minimum atomic E-state index is -0.154. The Bertz CT molecular complexity index is 486. The molecule has 2 amide bonds. The maximum Gasteiger partial charge on any atom is 0.254 e. The Kier molecular flexibility index (Phi) is 6.88. The zero-order chi connectivity index (χ0) is 15.8. The first-order valence-corrected chi connectivity index (χ1v) is 7.25. The fourth-order valence-corrected chi connectivity index (χ4v) is 1.97. The number of amides is 2. The van der Waals surface area contributed by atoms with E-state index >= 15 is 0 Å². The highest BCUT2D eigenvalue weighted by molar-refractivity contribution is 5.97. The van der Waals surface area contributed by atoms with Crippen LogP contribution in [0.3, 0.4) is 0 Å². The van der Waals surface area contributed by atoms with Crippen molar-refractivity contribution in [3.8, 4) is 0 Å². The fourth-order valence-electron chi connectivity index (χ4n) is 1.97. The van der Waals surface area contributed by atoms with Crippen molar-refractivity contribution in [2.45, 2.75) is 20.3 Å². The van der Waals surface area contributed by atoms with Gasteiger partial charge < -0.3 is 16.0 Å². The van der Waals surface area contributed by atoms with Crippen LogP contribution in [0, 0.1) is 5.92 Å². The van der Waals surface area contributed by atoms with E-state index in [0.29, 0.717) is 31.0 Å². The minimum Gasteiger partial charge on any atom is -0.354 e. The quantitative estimate of drug-likeness (QED) is 0.788. The molecule has 0 bridgehead atoms. The molecule has 0 spiro atoms. The average Bonchev–Trinajstić information content (AvgIpc) is 2.45. The summed E-state index contributed by atoms with van der Waals surface area (Å²) in [6.45, 7) is 5.21. The van der Waals surface area contributed by atoms with Gasteiger partial charge in [0.2, 0.25) is 5.91 Å². The van der Waals surface area contributed by atoms with Gasteiger partial charge in [-0.3, -0.25) is 9.59 Å². The predicted molar refractivity (Wildman–Crippen MR) is 84.0 cm³/mol. The summed E-state index contributed by atoms with van der Waals surface area (Å²) >= 11 is 0. The molecule has 0 aliphatic rings. The predicted octanol–water partition coefficient (Wildman–Crippen LogP) is 1.03. The lowest BCUT2D eigenvalue weighted by atomic mass is 10.0. The number of carbonyl (C=O) groups is 2. The van der Waals surface area contributed by atoms with Gasteiger partial charge in [-0.2, -0.15) is 0 Å². The second-order valence-electron chi connectivity index (χ2n) is 5.55. The van der Waals surface area contributed by atoms with Crippen LogP contribution in [0.25, 0.3) is 0 Å². The van der Waals surface area contributed by atoms with Crippen LogP contribution in [0.4, 0.5) is 0 Å². The van der Waals surface area contributed by atoms with Gasteiger partial charge in [0, 0.05) is 19.2 Å². The zero-order valence-corrected chi connectivity index (χ0v) is 13.1. The van der Waals surface area contributed by atoms with Gasteiger partial charge >= 0.3 is 0 Å². The molecular weight excluding hydrogens is 266 g/mol. The largest absolute Gasteiger partial charge is 0.354 e. The van der Waals surface area contributed by atoms with Crippen molar-refractivity contribution in [3.63, 3.8) is 0 Å². The molecule has 0 aromatic heterocycles. The minimum absolute atomic E-state index is 0.0580. The third-order valence-electron chi connectivity index (χ3n) is 3.10. The van der Waals surface area contributed by atoms with Gasteiger partial charge in [0.1, 0.15) is 0 Å². The van der Waals surface area contributed by atoms with E-state index in [0.717, 1.165) is 5.56 Å². The number of nitrogens with one attached hydrogen (secondary N) is 1. The molecular formula is C16H25N3O2. The first kappa shape index (κ1) is 17.2. The number of hydrogen-bond donors (Lipinski definition) is 2. The van der Waals surface area contributed by atoms with E-state index in [1.807, 2.05) is 32.0 Å². The van der Waals surface area contributed by atoms with Crippen molar-refractivity contribution >= 4 is 11.8 Å². The summed E-state index contributed by atoms with van der Waals surface area (Å²) < 4.78 is 0. The van der Waals surface area contributed by atoms with Gasteiger partial charge in [-0.15, -0.1) is 0 Å². The number of nitrogens with zero attached hydrogens (tertiary/aromatic N) is 1. The molecule has 0 saturated heterocycles. The second kappa shape index (κ2) is 8.42. The molecule has 3 N–H and O–H groups in total. The van der Waals surface area contributed by atoms with Gasteiger partial charge in [0.25, 0.3) is 5.91 Å². The highest BCUT2D eigenvalue weighted by Gasteiger charge is 2.17. The van der Waals surface area contributed by atoms with E-state index in [-0.39, 0.29) is 18.4 Å².